The van der Waals surface area contributed by atoms with E-state index in [-0.39, 0.29) is 16.0 Å². The van der Waals surface area contributed by atoms with Crippen LogP contribution in [0.4, 0.5) is 0 Å². The average molecular weight is 417 g/mol. The van der Waals surface area contributed by atoms with E-state index in [1.807, 2.05) is 13.8 Å². The molecule has 0 aromatic carbocycles. The number of carbonyl (C=O) groups excluding carboxylic acids is 1. The van der Waals surface area contributed by atoms with Crippen molar-refractivity contribution in [3.63, 3.8) is 0 Å². The number of amides is 1. The molecule has 0 radical (unpaired) electrons. The van der Waals surface area contributed by atoms with Crippen LogP contribution in [0.15, 0.2) is 21.7 Å². The van der Waals surface area contributed by atoms with Crippen molar-refractivity contribution in [3.8, 4) is 0 Å². The second kappa shape index (κ2) is 10.5. The fourth-order valence-electron chi connectivity index (χ4n) is 3.09. The van der Waals surface area contributed by atoms with E-state index < -0.39 is 16.1 Å². The number of thiophene rings is 1. The summed E-state index contributed by atoms with van der Waals surface area (Å²) in [5, 5.41) is 4.60. The first-order valence-corrected chi connectivity index (χ1v) is 12.0. The minimum atomic E-state index is -3.67. The van der Waals surface area contributed by atoms with Gasteiger partial charge in [-0.25, -0.2) is 8.42 Å². The molecular formula is C18H32N4O3S2. The van der Waals surface area contributed by atoms with Crippen LogP contribution in [-0.4, -0.2) is 76.0 Å². The van der Waals surface area contributed by atoms with Gasteiger partial charge in [0.05, 0.1) is 0 Å². The Morgan fingerprint density at radius 1 is 1.22 bits per heavy atom. The number of hydrogen-bond acceptors (Lipinski definition) is 6. The van der Waals surface area contributed by atoms with Gasteiger partial charge in [0.15, 0.2) is 0 Å². The van der Waals surface area contributed by atoms with Gasteiger partial charge in [0.1, 0.15) is 10.3 Å². The van der Waals surface area contributed by atoms with E-state index in [0.29, 0.717) is 6.54 Å². The maximum atomic E-state index is 12.5. The second-order valence-electron chi connectivity index (χ2n) is 7.20. The third-order valence-corrected chi connectivity index (χ3v) is 7.69. The third kappa shape index (κ3) is 6.83. The number of carbonyl (C=O) groups is 1. The SMILES string of the molecule is CCN1CCN(CCCNC(=O)[C@H](NS(=O)(=O)c2cccs2)C(C)C)CC1. The molecule has 0 spiro atoms. The predicted molar refractivity (Wildman–Crippen MR) is 109 cm³/mol. The van der Waals surface area contributed by atoms with Crippen LogP contribution in [-0.2, 0) is 14.8 Å². The van der Waals surface area contributed by atoms with Gasteiger partial charge in [-0.1, -0.05) is 26.8 Å². The Morgan fingerprint density at radius 2 is 1.89 bits per heavy atom. The standard InChI is InChI=1S/C18H32N4O3S2/c1-4-21-10-12-22(13-11-21)9-6-8-19-18(23)17(15(2)3)20-27(24,25)16-7-5-14-26-16/h5,7,14-15,17,20H,4,6,8-13H2,1-3H3,(H,19,23)/t17-/m1/s1. The lowest BCUT2D eigenvalue weighted by molar-refractivity contribution is -0.123. The van der Waals surface area contributed by atoms with Crippen LogP contribution in [0, 0.1) is 5.92 Å². The number of nitrogens with zero attached hydrogens (tertiary/aromatic N) is 2. The molecule has 0 bridgehead atoms. The number of likely N-dealkylation sites (N-methyl/N-ethyl adjacent to an activating group) is 1. The minimum absolute atomic E-state index is 0.137. The zero-order valence-electron chi connectivity index (χ0n) is 16.5. The van der Waals surface area contributed by atoms with E-state index in [2.05, 4.69) is 26.8 Å². The summed E-state index contributed by atoms with van der Waals surface area (Å²) >= 11 is 1.14. The lowest BCUT2D eigenvalue weighted by atomic mass is 10.1. The Kier molecular flexibility index (Phi) is 8.68. The summed E-state index contributed by atoms with van der Waals surface area (Å²) in [6.07, 6.45) is 0.861. The largest absolute Gasteiger partial charge is 0.355 e. The number of rotatable bonds is 10. The fraction of sp³-hybridized carbons (Fsp3) is 0.722. The summed E-state index contributed by atoms with van der Waals surface area (Å²) < 4.78 is 27.6. The van der Waals surface area contributed by atoms with Gasteiger partial charge < -0.3 is 15.1 Å². The second-order valence-corrected chi connectivity index (χ2v) is 10.1. The van der Waals surface area contributed by atoms with Crippen molar-refractivity contribution in [1.82, 2.24) is 19.8 Å². The first kappa shape index (κ1) is 22.3. The lowest BCUT2D eigenvalue weighted by Gasteiger charge is -2.34. The number of nitrogens with one attached hydrogen (secondary N) is 2. The van der Waals surface area contributed by atoms with E-state index in [9.17, 15) is 13.2 Å². The highest BCUT2D eigenvalue weighted by Crippen LogP contribution is 2.17. The summed E-state index contributed by atoms with van der Waals surface area (Å²) in [7, 11) is -3.67. The molecular weight excluding hydrogens is 384 g/mol. The summed E-state index contributed by atoms with van der Waals surface area (Å²) in [5.74, 6) is -0.400. The van der Waals surface area contributed by atoms with Gasteiger partial charge in [0.25, 0.3) is 10.0 Å². The first-order valence-electron chi connectivity index (χ1n) is 9.61. The third-order valence-electron chi connectivity index (χ3n) is 4.85. The van der Waals surface area contributed by atoms with Crippen LogP contribution in [0.25, 0.3) is 0 Å². The molecule has 1 aromatic heterocycles. The Labute approximate surface area is 167 Å². The lowest BCUT2D eigenvalue weighted by Crippen LogP contribution is -2.50. The Balaban J connectivity index is 1.77. The first-order chi connectivity index (χ1) is 12.8. The zero-order chi connectivity index (χ0) is 19.9. The summed E-state index contributed by atoms with van der Waals surface area (Å²) in [5.41, 5.74) is 0. The van der Waals surface area contributed by atoms with E-state index in [0.717, 1.165) is 57.0 Å². The molecule has 2 heterocycles. The quantitative estimate of drug-likeness (QED) is 0.560. The van der Waals surface area contributed by atoms with Gasteiger partial charge in [-0.05, 0) is 36.9 Å². The number of hydrogen-bond donors (Lipinski definition) is 2. The Morgan fingerprint density at radius 3 is 2.44 bits per heavy atom. The molecule has 1 fully saturated rings. The van der Waals surface area contributed by atoms with Crippen LogP contribution in [0.2, 0.25) is 0 Å². The minimum Gasteiger partial charge on any atom is -0.355 e. The molecule has 2 rings (SSSR count). The number of piperazine rings is 1. The van der Waals surface area contributed by atoms with E-state index in [1.165, 1.54) is 0 Å². The van der Waals surface area contributed by atoms with E-state index in [1.54, 1.807) is 17.5 Å². The molecule has 1 atom stereocenters. The van der Waals surface area contributed by atoms with Crippen LogP contribution in [0.3, 0.4) is 0 Å². The summed E-state index contributed by atoms with van der Waals surface area (Å²) in [4.78, 5) is 17.4. The summed E-state index contributed by atoms with van der Waals surface area (Å²) in [6, 6.07) is 2.45. The van der Waals surface area contributed by atoms with Crippen molar-refractivity contribution in [3.05, 3.63) is 17.5 Å². The highest BCUT2D eigenvalue weighted by Gasteiger charge is 2.28. The van der Waals surface area contributed by atoms with Crippen LogP contribution in [0.1, 0.15) is 27.2 Å². The van der Waals surface area contributed by atoms with Crippen molar-refractivity contribution >= 4 is 27.3 Å². The predicted octanol–water partition coefficient (Wildman–Crippen LogP) is 1.19. The summed E-state index contributed by atoms with van der Waals surface area (Å²) in [6.45, 7) is 12.8. The Hall–Kier alpha value is -1.00. The smallest absolute Gasteiger partial charge is 0.250 e. The molecule has 1 aliphatic rings. The van der Waals surface area contributed by atoms with Crippen LogP contribution in [0.5, 0.6) is 0 Å². The molecule has 0 unspecified atom stereocenters. The van der Waals surface area contributed by atoms with E-state index in [4.69, 9.17) is 0 Å². The fourth-order valence-corrected chi connectivity index (χ4v) is 5.44. The van der Waals surface area contributed by atoms with Crippen molar-refractivity contribution in [1.29, 1.82) is 0 Å². The molecule has 0 aliphatic carbocycles. The Bertz CT molecular complexity index is 669. The molecule has 1 saturated heterocycles. The van der Waals surface area contributed by atoms with Gasteiger partial charge in [0.2, 0.25) is 5.91 Å². The number of sulfonamides is 1. The highest BCUT2D eigenvalue weighted by molar-refractivity contribution is 7.91. The molecule has 2 N–H and O–H groups in total. The van der Waals surface area contributed by atoms with Gasteiger partial charge in [-0.15, -0.1) is 11.3 Å². The van der Waals surface area contributed by atoms with Gasteiger partial charge in [-0.3, -0.25) is 4.79 Å². The topological polar surface area (TPSA) is 81.8 Å². The molecule has 1 amide bonds. The monoisotopic (exact) mass is 416 g/mol. The maximum Gasteiger partial charge on any atom is 0.250 e. The zero-order valence-corrected chi connectivity index (χ0v) is 18.1. The van der Waals surface area contributed by atoms with Crippen LogP contribution < -0.4 is 10.0 Å². The van der Waals surface area contributed by atoms with Crippen molar-refractivity contribution in [2.75, 3.05) is 45.8 Å². The molecule has 1 aliphatic heterocycles. The molecule has 1 aromatic rings. The molecule has 154 valence electrons. The van der Waals surface area contributed by atoms with Gasteiger partial charge in [0, 0.05) is 32.7 Å². The van der Waals surface area contributed by atoms with Gasteiger partial charge >= 0.3 is 0 Å². The molecule has 27 heavy (non-hydrogen) atoms. The molecule has 9 heteroatoms. The highest BCUT2D eigenvalue weighted by atomic mass is 32.2. The van der Waals surface area contributed by atoms with Crippen molar-refractivity contribution in [2.45, 2.75) is 37.4 Å². The van der Waals surface area contributed by atoms with Crippen LogP contribution >= 0.6 is 11.3 Å². The molecule has 0 saturated carbocycles. The van der Waals surface area contributed by atoms with Crippen molar-refractivity contribution in [2.24, 2.45) is 5.92 Å². The maximum absolute atomic E-state index is 12.5. The average Bonchev–Trinajstić information content (AvgIpc) is 3.19. The van der Waals surface area contributed by atoms with Crippen molar-refractivity contribution < 1.29 is 13.2 Å². The normalized spacial score (nSPS) is 17.9. The van der Waals surface area contributed by atoms with E-state index >= 15 is 0 Å². The molecule has 7 nitrogen and oxygen atoms in total. The van der Waals surface area contributed by atoms with Gasteiger partial charge in [-0.2, -0.15) is 4.72 Å².